The molecule has 0 aliphatic heterocycles. The molecule has 4 N–H and O–H groups in total. The van der Waals surface area contributed by atoms with E-state index in [9.17, 15) is 4.79 Å². The van der Waals surface area contributed by atoms with E-state index in [-0.39, 0.29) is 18.4 Å². The van der Waals surface area contributed by atoms with Crippen molar-refractivity contribution in [3.05, 3.63) is 35.4 Å². The van der Waals surface area contributed by atoms with Crippen LogP contribution in [0.2, 0.25) is 0 Å². The Hall–Kier alpha value is -1.10. The van der Waals surface area contributed by atoms with Gasteiger partial charge in [0.25, 0.3) is 0 Å². The van der Waals surface area contributed by atoms with E-state index in [2.05, 4.69) is 0 Å². The summed E-state index contributed by atoms with van der Waals surface area (Å²) in [4.78, 5) is 11.5. The Kier molecular flexibility index (Phi) is 7.15. The highest BCUT2D eigenvalue weighted by Gasteiger charge is 2.29. The van der Waals surface area contributed by atoms with E-state index in [4.69, 9.17) is 16.2 Å². The molecule has 2 unspecified atom stereocenters. The molecule has 2 atom stereocenters. The highest BCUT2D eigenvalue weighted by atomic mass is 35.5. The number of nitrogens with two attached hydrogens (primary N) is 2. The summed E-state index contributed by atoms with van der Waals surface area (Å²) in [5.41, 5.74) is 13.7. The molecule has 0 spiro atoms. The maximum Gasteiger partial charge on any atom is 0.248 e. The summed E-state index contributed by atoms with van der Waals surface area (Å²) in [5, 5.41) is 0. The van der Waals surface area contributed by atoms with E-state index in [0.29, 0.717) is 12.5 Å². The van der Waals surface area contributed by atoms with Crippen molar-refractivity contribution in [1.29, 1.82) is 0 Å². The lowest BCUT2D eigenvalue weighted by Crippen LogP contribution is -2.47. The number of hydrogen-bond acceptors (Lipinski definition) is 3. The zero-order chi connectivity index (χ0) is 14.5. The predicted molar refractivity (Wildman–Crippen MR) is 86.1 cm³/mol. The number of hydrogen-bond donors (Lipinski definition) is 2. The van der Waals surface area contributed by atoms with Gasteiger partial charge in [-0.3, -0.25) is 4.79 Å². The van der Waals surface area contributed by atoms with Gasteiger partial charge in [-0.2, -0.15) is 0 Å². The van der Waals surface area contributed by atoms with E-state index in [1.807, 2.05) is 31.2 Å². The second-order valence-corrected chi connectivity index (χ2v) is 5.82. The summed E-state index contributed by atoms with van der Waals surface area (Å²) in [7, 11) is 0. The average molecular weight is 313 g/mol. The zero-order valence-corrected chi connectivity index (χ0v) is 13.3. The van der Waals surface area contributed by atoms with Crippen molar-refractivity contribution in [2.45, 2.75) is 51.4 Å². The van der Waals surface area contributed by atoms with Gasteiger partial charge in [0.05, 0.1) is 6.61 Å². The molecule has 2 rings (SSSR count). The second kappa shape index (κ2) is 8.37. The number of rotatable bonds is 7. The van der Waals surface area contributed by atoms with Crippen LogP contribution in [0.5, 0.6) is 0 Å². The van der Waals surface area contributed by atoms with E-state index in [0.717, 1.165) is 12.0 Å². The molecule has 4 nitrogen and oxygen atoms in total. The maximum absolute atomic E-state index is 11.5. The van der Waals surface area contributed by atoms with E-state index < -0.39 is 12.0 Å². The smallest absolute Gasteiger partial charge is 0.248 e. The van der Waals surface area contributed by atoms with Crippen LogP contribution in [0.15, 0.2) is 24.3 Å². The van der Waals surface area contributed by atoms with Gasteiger partial charge in [0.15, 0.2) is 6.10 Å². The quantitative estimate of drug-likeness (QED) is 0.811. The van der Waals surface area contributed by atoms with Gasteiger partial charge in [-0.25, -0.2) is 0 Å². The van der Waals surface area contributed by atoms with Crippen LogP contribution < -0.4 is 11.5 Å². The number of carbonyl (C=O) groups is 1. The number of amides is 1. The first-order valence-corrected chi connectivity index (χ1v) is 7.28. The first-order chi connectivity index (χ1) is 9.56. The maximum atomic E-state index is 11.5. The molecule has 0 radical (unpaired) electrons. The number of primary amides is 1. The fourth-order valence-electron chi connectivity index (χ4n) is 2.52. The fraction of sp³-hybridized carbons (Fsp3) is 0.562. The van der Waals surface area contributed by atoms with Crippen molar-refractivity contribution in [2.24, 2.45) is 17.4 Å². The third-order valence-electron chi connectivity index (χ3n) is 4.05. The topological polar surface area (TPSA) is 78.3 Å². The standard InChI is InChI=1S/C16H24N2O2.ClH/c1-11-5-7-13(8-6-11)10-20-15(16(18)19)14(17)9-12-3-2-4-12;/h5-8,12,14-15H,2-4,9-10,17H2,1H3,(H2,18,19);1H. The lowest BCUT2D eigenvalue weighted by molar-refractivity contribution is -0.132. The van der Waals surface area contributed by atoms with E-state index in [1.165, 1.54) is 24.8 Å². The van der Waals surface area contributed by atoms with Crippen molar-refractivity contribution in [1.82, 2.24) is 0 Å². The molecule has 1 fully saturated rings. The molecular formula is C16H25ClN2O2. The van der Waals surface area contributed by atoms with Gasteiger partial charge in [0, 0.05) is 6.04 Å². The number of aryl methyl sites for hydroxylation is 1. The average Bonchev–Trinajstić information content (AvgIpc) is 2.36. The minimum absolute atomic E-state index is 0. The number of carbonyl (C=O) groups excluding carboxylic acids is 1. The van der Waals surface area contributed by atoms with Gasteiger partial charge in [-0.05, 0) is 24.8 Å². The monoisotopic (exact) mass is 312 g/mol. The Balaban J connectivity index is 0.00000220. The zero-order valence-electron chi connectivity index (χ0n) is 12.5. The molecule has 0 aromatic heterocycles. The first kappa shape index (κ1) is 18.0. The van der Waals surface area contributed by atoms with Crippen LogP contribution in [0.1, 0.15) is 36.8 Å². The highest BCUT2D eigenvalue weighted by molar-refractivity contribution is 5.85. The van der Waals surface area contributed by atoms with Gasteiger partial charge in [-0.15, -0.1) is 12.4 Å². The van der Waals surface area contributed by atoms with Crippen LogP contribution in [0.3, 0.4) is 0 Å². The van der Waals surface area contributed by atoms with Crippen LogP contribution in [-0.2, 0) is 16.1 Å². The Morgan fingerprint density at radius 3 is 2.43 bits per heavy atom. The van der Waals surface area contributed by atoms with Crippen molar-refractivity contribution in [3.8, 4) is 0 Å². The number of benzene rings is 1. The molecule has 0 bridgehead atoms. The van der Waals surface area contributed by atoms with Crippen molar-refractivity contribution >= 4 is 18.3 Å². The summed E-state index contributed by atoms with van der Waals surface area (Å²) in [5.74, 6) is 0.166. The van der Waals surface area contributed by atoms with Gasteiger partial charge in [0.1, 0.15) is 0 Å². The molecule has 1 saturated carbocycles. The minimum Gasteiger partial charge on any atom is -0.367 e. The van der Waals surface area contributed by atoms with Gasteiger partial charge in [0.2, 0.25) is 5.91 Å². The molecule has 1 amide bonds. The second-order valence-electron chi connectivity index (χ2n) is 5.82. The van der Waals surface area contributed by atoms with Crippen molar-refractivity contribution < 1.29 is 9.53 Å². The van der Waals surface area contributed by atoms with Crippen LogP contribution >= 0.6 is 12.4 Å². The molecule has 1 aromatic rings. The molecule has 1 aliphatic rings. The van der Waals surface area contributed by atoms with Gasteiger partial charge >= 0.3 is 0 Å². The summed E-state index contributed by atoms with van der Waals surface area (Å²) in [6, 6.07) is 7.72. The van der Waals surface area contributed by atoms with E-state index in [1.54, 1.807) is 0 Å². The molecule has 1 aliphatic carbocycles. The third kappa shape index (κ3) is 5.30. The lowest BCUT2D eigenvalue weighted by atomic mass is 9.80. The molecule has 21 heavy (non-hydrogen) atoms. The van der Waals surface area contributed by atoms with Gasteiger partial charge in [-0.1, -0.05) is 49.1 Å². The molecule has 0 heterocycles. The third-order valence-corrected chi connectivity index (χ3v) is 4.05. The Morgan fingerprint density at radius 1 is 1.33 bits per heavy atom. The first-order valence-electron chi connectivity index (χ1n) is 7.28. The van der Waals surface area contributed by atoms with Crippen LogP contribution in [-0.4, -0.2) is 18.1 Å². The van der Waals surface area contributed by atoms with Crippen molar-refractivity contribution in [3.63, 3.8) is 0 Å². The van der Waals surface area contributed by atoms with Gasteiger partial charge < -0.3 is 16.2 Å². The predicted octanol–water partition coefficient (Wildman–Crippen LogP) is 2.30. The van der Waals surface area contributed by atoms with Crippen LogP contribution in [0.25, 0.3) is 0 Å². The SMILES string of the molecule is Cc1ccc(COC(C(N)=O)C(N)CC2CCC2)cc1.Cl. The minimum atomic E-state index is -0.697. The molecular weight excluding hydrogens is 288 g/mol. The molecule has 1 aromatic carbocycles. The summed E-state index contributed by atoms with van der Waals surface area (Å²) in [6.45, 7) is 2.40. The Labute approximate surface area is 132 Å². The number of halogens is 1. The summed E-state index contributed by atoms with van der Waals surface area (Å²) in [6.07, 6.45) is 3.80. The van der Waals surface area contributed by atoms with Crippen molar-refractivity contribution in [2.75, 3.05) is 0 Å². The number of ether oxygens (including phenoxy) is 1. The molecule has 5 heteroatoms. The largest absolute Gasteiger partial charge is 0.367 e. The summed E-state index contributed by atoms with van der Waals surface area (Å²) >= 11 is 0. The Morgan fingerprint density at radius 2 is 1.95 bits per heavy atom. The summed E-state index contributed by atoms with van der Waals surface area (Å²) < 4.78 is 5.66. The van der Waals surface area contributed by atoms with E-state index >= 15 is 0 Å². The normalized spacial score (nSPS) is 17.4. The molecule has 118 valence electrons. The molecule has 0 saturated heterocycles. The Bertz CT molecular complexity index is 446. The van der Waals surface area contributed by atoms with Crippen LogP contribution in [0.4, 0.5) is 0 Å². The van der Waals surface area contributed by atoms with Crippen LogP contribution in [0, 0.1) is 12.8 Å². The highest BCUT2D eigenvalue weighted by Crippen LogP contribution is 2.30. The lowest BCUT2D eigenvalue weighted by Gasteiger charge is -2.30. The fourth-order valence-corrected chi connectivity index (χ4v) is 2.52.